The van der Waals surface area contributed by atoms with Crippen LogP contribution >= 0.6 is 11.3 Å². The van der Waals surface area contributed by atoms with Gasteiger partial charge in [0.05, 0.1) is 12.0 Å². The van der Waals surface area contributed by atoms with Gasteiger partial charge in [0.25, 0.3) is 0 Å². The number of ether oxygens (including phenoxy) is 1. The zero-order valence-electron chi connectivity index (χ0n) is 10.4. The van der Waals surface area contributed by atoms with Crippen LogP contribution in [0.25, 0.3) is 10.2 Å². The highest BCUT2D eigenvalue weighted by molar-refractivity contribution is 7.18. The van der Waals surface area contributed by atoms with Gasteiger partial charge in [0.15, 0.2) is 0 Å². The monoisotopic (exact) mass is 251 g/mol. The van der Waals surface area contributed by atoms with Crippen molar-refractivity contribution in [2.75, 3.05) is 31.7 Å². The van der Waals surface area contributed by atoms with E-state index in [4.69, 9.17) is 4.74 Å². The van der Waals surface area contributed by atoms with E-state index in [9.17, 15) is 0 Å². The highest BCUT2D eigenvalue weighted by Crippen LogP contribution is 2.28. The van der Waals surface area contributed by atoms with E-state index < -0.39 is 0 Å². The van der Waals surface area contributed by atoms with Gasteiger partial charge < -0.3 is 9.64 Å². The maximum Gasteiger partial charge on any atom is 0.140 e. The topological polar surface area (TPSA) is 38.2 Å². The van der Waals surface area contributed by atoms with Gasteiger partial charge in [-0.05, 0) is 19.9 Å². The lowest BCUT2D eigenvalue weighted by Crippen LogP contribution is -2.23. The van der Waals surface area contributed by atoms with Gasteiger partial charge in [-0.25, -0.2) is 9.97 Å². The molecule has 0 aromatic carbocycles. The molecule has 0 saturated heterocycles. The number of rotatable bonds is 5. The standard InChI is InChI=1S/C12H17N3OS/c1-4-16-6-5-15(3)11-10-7-9(2)17-12(10)14-8-13-11/h7-8H,4-6H2,1-3H3. The van der Waals surface area contributed by atoms with Crippen molar-refractivity contribution in [3.05, 3.63) is 17.3 Å². The third kappa shape index (κ3) is 2.73. The summed E-state index contributed by atoms with van der Waals surface area (Å²) in [5, 5.41) is 1.13. The Kier molecular flexibility index (Phi) is 3.91. The van der Waals surface area contributed by atoms with Gasteiger partial charge in [0, 0.05) is 25.1 Å². The molecule has 2 aromatic rings. The van der Waals surface area contributed by atoms with Crippen LogP contribution in [0.2, 0.25) is 0 Å². The number of thiophene rings is 1. The molecule has 0 saturated carbocycles. The lowest BCUT2D eigenvalue weighted by Gasteiger charge is -2.18. The first-order valence-electron chi connectivity index (χ1n) is 5.72. The molecule has 17 heavy (non-hydrogen) atoms. The normalized spacial score (nSPS) is 11.0. The molecule has 2 heterocycles. The molecule has 0 fully saturated rings. The summed E-state index contributed by atoms with van der Waals surface area (Å²) in [4.78, 5) is 13.1. The van der Waals surface area contributed by atoms with Crippen LogP contribution in [0.5, 0.6) is 0 Å². The molecule has 0 aliphatic rings. The minimum absolute atomic E-state index is 0.724. The highest BCUT2D eigenvalue weighted by Gasteiger charge is 2.10. The maximum atomic E-state index is 5.36. The largest absolute Gasteiger partial charge is 0.380 e. The molecule has 0 atom stereocenters. The fourth-order valence-electron chi connectivity index (χ4n) is 1.72. The SMILES string of the molecule is CCOCCN(C)c1ncnc2sc(C)cc12. The van der Waals surface area contributed by atoms with Gasteiger partial charge in [-0.3, -0.25) is 0 Å². The molecule has 2 rings (SSSR count). The molecule has 92 valence electrons. The predicted octanol–water partition coefficient (Wildman–Crippen LogP) is 2.47. The van der Waals surface area contributed by atoms with Crippen LogP contribution in [0.15, 0.2) is 12.4 Å². The van der Waals surface area contributed by atoms with E-state index in [0.717, 1.165) is 35.8 Å². The molecule has 0 amide bonds. The van der Waals surface area contributed by atoms with Crippen molar-refractivity contribution in [3.63, 3.8) is 0 Å². The fourth-order valence-corrected chi connectivity index (χ4v) is 2.56. The van der Waals surface area contributed by atoms with E-state index in [1.54, 1.807) is 17.7 Å². The number of hydrogen-bond donors (Lipinski definition) is 0. The van der Waals surface area contributed by atoms with Crippen LogP contribution < -0.4 is 4.90 Å². The van der Waals surface area contributed by atoms with Crippen molar-refractivity contribution >= 4 is 27.4 Å². The quantitative estimate of drug-likeness (QED) is 0.765. The molecule has 0 spiro atoms. The van der Waals surface area contributed by atoms with Crippen LogP contribution in [0, 0.1) is 6.92 Å². The number of aromatic nitrogens is 2. The van der Waals surface area contributed by atoms with E-state index in [-0.39, 0.29) is 0 Å². The average molecular weight is 251 g/mol. The molecule has 5 heteroatoms. The lowest BCUT2D eigenvalue weighted by molar-refractivity contribution is 0.154. The van der Waals surface area contributed by atoms with Crippen LogP contribution in [-0.2, 0) is 4.74 Å². The van der Waals surface area contributed by atoms with E-state index in [1.165, 1.54) is 4.88 Å². The first-order chi connectivity index (χ1) is 8.22. The number of anilines is 1. The Bertz CT molecular complexity index is 497. The Labute approximate surface area is 105 Å². The molecule has 0 radical (unpaired) electrons. The van der Waals surface area contributed by atoms with E-state index in [0.29, 0.717) is 0 Å². The Morgan fingerprint density at radius 3 is 3.00 bits per heavy atom. The summed E-state index contributed by atoms with van der Waals surface area (Å²) in [5.74, 6) is 0.985. The Morgan fingerprint density at radius 1 is 1.41 bits per heavy atom. The summed E-state index contributed by atoms with van der Waals surface area (Å²) in [6.07, 6.45) is 1.63. The van der Waals surface area contributed by atoms with Gasteiger partial charge in [-0.2, -0.15) is 0 Å². The number of fused-ring (bicyclic) bond motifs is 1. The molecular weight excluding hydrogens is 234 g/mol. The Balaban J connectivity index is 2.22. The second kappa shape index (κ2) is 5.42. The zero-order chi connectivity index (χ0) is 12.3. The molecule has 2 aromatic heterocycles. The average Bonchev–Trinajstić information content (AvgIpc) is 2.69. The molecule has 0 unspecified atom stereocenters. The van der Waals surface area contributed by atoms with Crippen LogP contribution in [-0.4, -0.2) is 36.8 Å². The third-order valence-electron chi connectivity index (χ3n) is 2.57. The molecule has 0 aliphatic carbocycles. The molecular formula is C12H17N3OS. The van der Waals surface area contributed by atoms with Crippen LogP contribution in [0.1, 0.15) is 11.8 Å². The number of likely N-dealkylation sites (N-methyl/N-ethyl adjacent to an activating group) is 1. The molecule has 0 bridgehead atoms. The fraction of sp³-hybridized carbons (Fsp3) is 0.500. The van der Waals surface area contributed by atoms with Gasteiger partial charge in [0.1, 0.15) is 17.0 Å². The first kappa shape index (κ1) is 12.3. The molecule has 0 N–H and O–H groups in total. The van der Waals surface area contributed by atoms with Crippen molar-refractivity contribution in [1.29, 1.82) is 0 Å². The van der Waals surface area contributed by atoms with Gasteiger partial charge in [0.2, 0.25) is 0 Å². The summed E-state index contributed by atoms with van der Waals surface area (Å²) >= 11 is 1.70. The number of nitrogens with zero attached hydrogens (tertiary/aromatic N) is 3. The second-order valence-corrected chi connectivity index (χ2v) is 5.13. The minimum Gasteiger partial charge on any atom is -0.380 e. The van der Waals surface area contributed by atoms with E-state index in [1.807, 2.05) is 14.0 Å². The summed E-state index contributed by atoms with van der Waals surface area (Å²) in [6, 6.07) is 2.15. The van der Waals surface area contributed by atoms with Crippen molar-refractivity contribution in [1.82, 2.24) is 9.97 Å². The summed E-state index contributed by atoms with van der Waals surface area (Å²) < 4.78 is 5.36. The lowest BCUT2D eigenvalue weighted by atomic mass is 10.3. The third-order valence-corrected chi connectivity index (χ3v) is 3.53. The summed E-state index contributed by atoms with van der Waals surface area (Å²) in [6.45, 7) is 6.42. The first-order valence-corrected chi connectivity index (χ1v) is 6.54. The summed E-state index contributed by atoms with van der Waals surface area (Å²) in [7, 11) is 2.04. The van der Waals surface area contributed by atoms with Crippen LogP contribution in [0.4, 0.5) is 5.82 Å². The number of hydrogen-bond acceptors (Lipinski definition) is 5. The number of aryl methyl sites for hydroxylation is 1. The van der Waals surface area contributed by atoms with Gasteiger partial charge >= 0.3 is 0 Å². The minimum atomic E-state index is 0.724. The van der Waals surface area contributed by atoms with Crippen molar-refractivity contribution in [2.45, 2.75) is 13.8 Å². The second-order valence-electron chi connectivity index (χ2n) is 3.89. The predicted molar refractivity (Wildman–Crippen MR) is 71.9 cm³/mol. The van der Waals surface area contributed by atoms with Crippen molar-refractivity contribution in [2.24, 2.45) is 0 Å². The van der Waals surface area contributed by atoms with Crippen molar-refractivity contribution < 1.29 is 4.74 Å². The Hall–Kier alpha value is -1.20. The molecule has 4 nitrogen and oxygen atoms in total. The van der Waals surface area contributed by atoms with Gasteiger partial charge in [-0.1, -0.05) is 0 Å². The zero-order valence-corrected chi connectivity index (χ0v) is 11.3. The highest BCUT2D eigenvalue weighted by atomic mass is 32.1. The molecule has 0 aliphatic heterocycles. The summed E-state index contributed by atoms with van der Waals surface area (Å²) in [5.41, 5.74) is 0. The van der Waals surface area contributed by atoms with Gasteiger partial charge in [-0.15, -0.1) is 11.3 Å². The van der Waals surface area contributed by atoms with Crippen LogP contribution in [0.3, 0.4) is 0 Å². The Morgan fingerprint density at radius 2 is 2.24 bits per heavy atom. The smallest absolute Gasteiger partial charge is 0.140 e. The maximum absolute atomic E-state index is 5.36. The van der Waals surface area contributed by atoms with E-state index in [2.05, 4.69) is 27.9 Å². The van der Waals surface area contributed by atoms with Crippen molar-refractivity contribution in [3.8, 4) is 0 Å². The van der Waals surface area contributed by atoms with E-state index >= 15 is 0 Å².